The fourth-order valence-electron chi connectivity index (χ4n) is 6.86. The van der Waals surface area contributed by atoms with E-state index in [-0.39, 0.29) is 0 Å². The number of aromatic nitrogens is 3. The Hall–Kier alpha value is -6.06. The summed E-state index contributed by atoms with van der Waals surface area (Å²) in [5.74, 6) is 0.912. The minimum Gasteiger partial charge on any atom is -0.292 e. The van der Waals surface area contributed by atoms with E-state index in [0.717, 1.165) is 28.1 Å². The molecule has 0 saturated heterocycles. The van der Waals surface area contributed by atoms with Crippen LogP contribution in [0.1, 0.15) is 0 Å². The quantitative estimate of drug-likeness (QED) is 0.196. The fraction of sp³-hybridized carbons (Fsp3) is 0. The highest BCUT2D eigenvalue weighted by Crippen LogP contribution is 2.44. The molecule has 0 atom stereocenters. The lowest BCUT2D eigenvalue weighted by Crippen LogP contribution is -1.97. The molecule has 0 bridgehead atoms. The van der Waals surface area contributed by atoms with Gasteiger partial charge in [0.05, 0.1) is 16.7 Å². The number of imidazole rings is 1. The average molecular weight is 574 g/mol. The molecule has 45 heavy (non-hydrogen) atoms. The van der Waals surface area contributed by atoms with Crippen molar-refractivity contribution in [3.8, 4) is 39.3 Å². The van der Waals surface area contributed by atoms with Gasteiger partial charge in [-0.25, -0.2) is 4.98 Å². The van der Waals surface area contributed by atoms with Crippen molar-refractivity contribution >= 4 is 43.4 Å². The lowest BCUT2D eigenvalue weighted by Gasteiger charge is -2.18. The molecular weight excluding hydrogens is 546 g/mol. The first kappa shape index (κ1) is 25.4. The van der Waals surface area contributed by atoms with Crippen LogP contribution in [0.3, 0.4) is 0 Å². The minimum absolute atomic E-state index is 0.912. The molecule has 0 saturated carbocycles. The third-order valence-electron chi connectivity index (χ3n) is 8.88. The van der Waals surface area contributed by atoms with Gasteiger partial charge in [0.1, 0.15) is 5.82 Å². The Morgan fingerprint density at radius 2 is 0.956 bits per heavy atom. The van der Waals surface area contributed by atoms with E-state index in [9.17, 15) is 0 Å². The highest BCUT2D eigenvalue weighted by atomic mass is 15.1. The van der Waals surface area contributed by atoms with Crippen LogP contribution in [0.4, 0.5) is 0 Å². The SMILES string of the molecule is c1ccc2cc(-c3c4ccccc4c(-c4ccc(-c5nc6ccccc6n5-c5ccncc5)cc4)c4ccccc34)ccc2c1. The van der Waals surface area contributed by atoms with E-state index in [1.54, 1.807) is 0 Å². The maximum Gasteiger partial charge on any atom is 0.145 e. The molecule has 0 aliphatic rings. The van der Waals surface area contributed by atoms with Crippen LogP contribution >= 0.6 is 0 Å². The van der Waals surface area contributed by atoms with E-state index in [4.69, 9.17) is 4.98 Å². The lowest BCUT2D eigenvalue weighted by atomic mass is 9.85. The first-order valence-electron chi connectivity index (χ1n) is 15.2. The number of benzene rings is 7. The zero-order chi connectivity index (χ0) is 29.7. The van der Waals surface area contributed by atoms with E-state index in [1.165, 1.54) is 54.6 Å². The molecule has 0 aliphatic heterocycles. The van der Waals surface area contributed by atoms with Crippen molar-refractivity contribution < 1.29 is 0 Å². The van der Waals surface area contributed by atoms with Crippen LogP contribution in [0, 0.1) is 0 Å². The van der Waals surface area contributed by atoms with E-state index in [0.29, 0.717) is 0 Å². The molecule has 3 heteroatoms. The van der Waals surface area contributed by atoms with Crippen LogP contribution in [0.15, 0.2) is 164 Å². The summed E-state index contributed by atoms with van der Waals surface area (Å²) in [5.41, 5.74) is 9.09. The van der Waals surface area contributed by atoms with Gasteiger partial charge in [-0.15, -0.1) is 0 Å². The van der Waals surface area contributed by atoms with Gasteiger partial charge in [-0.3, -0.25) is 9.55 Å². The van der Waals surface area contributed by atoms with Crippen LogP contribution in [0.5, 0.6) is 0 Å². The average Bonchev–Trinajstić information content (AvgIpc) is 3.50. The zero-order valence-corrected chi connectivity index (χ0v) is 24.4. The molecule has 9 aromatic rings. The van der Waals surface area contributed by atoms with Crippen molar-refractivity contribution in [2.75, 3.05) is 0 Å². The molecule has 0 fully saturated rings. The molecule has 9 rings (SSSR count). The molecule has 0 N–H and O–H groups in total. The predicted octanol–water partition coefficient (Wildman–Crippen LogP) is 10.9. The van der Waals surface area contributed by atoms with Gasteiger partial charge in [0, 0.05) is 18.0 Å². The number of hydrogen-bond donors (Lipinski definition) is 0. The number of para-hydroxylation sites is 2. The Bertz CT molecular complexity index is 2470. The fourth-order valence-corrected chi connectivity index (χ4v) is 6.86. The summed E-state index contributed by atoms with van der Waals surface area (Å²) >= 11 is 0. The highest BCUT2D eigenvalue weighted by Gasteiger charge is 2.18. The van der Waals surface area contributed by atoms with Gasteiger partial charge in [0.15, 0.2) is 0 Å². The first-order chi connectivity index (χ1) is 22.3. The Kier molecular flexibility index (Phi) is 5.82. The summed E-state index contributed by atoms with van der Waals surface area (Å²) in [6.07, 6.45) is 3.66. The van der Waals surface area contributed by atoms with Crippen molar-refractivity contribution in [2.24, 2.45) is 0 Å². The number of pyridine rings is 1. The van der Waals surface area contributed by atoms with Gasteiger partial charge in [0.2, 0.25) is 0 Å². The van der Waals surface area contributed by atoms with Crippen molar-refractivity contribution in [3.05, 3.63) is 164 Å². The first-order valence-corrected chi connectivity index (χ1v) is 15.2. The van der Waals surface area contributed by atoms with Crippen LogP contribution in [-0.4, -0.2) is 14.5 Å². The van der Waals surface area contributed by atoms with Crippen LogP contribution < -0.4 is 0 Å². The van der Waals surface area contributed by atoms with Crippen LogP contribution in [0.25, 0.3) is 82.7 Å². The maximum absolute atomic E-state index is 5.07. The molecule has 0 radical (unpaired) electrons. The molecule has 2 heterocycles. The zero-order valence-electron chi connectivity index (χ0n) is 24.4. The second-order valence-corrected chi connectivity index (χ2v) is 11.4. The Balaban J connectivity index is 1.25. The van der Waals surface area contributed by atoms with Gasteiger partial charge in [-0.1, -0.05) is 121 Å². The molecule has 0 amide bonds. The van der Waals surface area contributed by atoms with Crippen molar-refractivity contribution in [1.82, 2.24) is 14.5 Å². The molecule has 210 valence electrons. The van der Waals surface area contributed by atoms with Crippen molar-refractivity contribution in [2.45, 2.75) is 0 Å². The molecular formula is C42H27N3. The van der Waals surface area contributed by atoms with Gasteiger partial charge >= 0.3 is 0 Å². The predicted molar refractivity (Wildman–Crippen MR) is 188 cm³/mol. The van der Waals surface area contributed by atoms with Gasteiger partial charge in [-0.05, 0) is 84.9 Å². The summed E-state index contributed by atoms with van der Waals surface area (Å²) in [6.45, 7) is 0. The Morgan fingerprint density at radius 3 is 1.64 bits per heavy atom. The minimum atomic E-state index is 0.912. The lowest BCUT2D eigenvalue weighted by molar-refractivity contribution is 1.09. The molecule has 0 unspecified atom stereocenters. The van der Waals surface area contributed by atoms with E-state index >= 15 is 0 Å². The smallest absolute Gasteiger partial charge is 0.145 e. The van der Waals surface area contributed by atoms with Crippen molar-refractivity contribution in [1.29, 1.82) is 0 Å². The number of hydrogen-bond acceptors (Lipinski definition) is 2. The van der Waals surface area contributed by atoms with E-state index in [1.807, 2.05) is 30.6 Å². The maximum atomic E-state index is 5.07. The number of nitrogens with zero attached hydrogens (tertiary/aromatic N) is 3. The summed E-state index contributed by atoms with van der Waals surface area (Å²) < 4.78 is 2.22. The second-order valence-electron chi connectivity index (χ2n) is 11.4. The molecule has 7 aromatic carbocycles. The normalized spacial score (nSPS) is 11.6. The van der Waals surface area contributed by atoms with Crippen molar-refractivity contribution in [3.63, 3.8) is 0 Å². The van der Waals surface area contributed by atoms with E-state index < -0.39 is 0 Å². The topological polar surface area (TPSA) is 30.7 Å². The van der Waals surface area contributed by atoms with Gasteiger partial charge < -0.3 is 0 Å². The van der Waals surface area contributed by atoms with Gasteiger partial charge in [0.25, 0.3) is 0 Å². The monoisotopic (exact) mass is 573 g/mol. The number of rotatable bonds is 4. The summed E-state index contributed by atoms with van der Waals surface area (Å²) in [5, 5.41) is 7.51. The number of fused-ring (bicyclic) bond motifs is 4. The molecule has 0 aliphatic carbocycles. The van der Waals surface area contributed by atoms with E-state index in [2.05, 4.69) is 143 Å². The van der Waals surface area contributed by atoms with Crippen LogP contribution in [0.2, 0.25) is 0 Å². The molecule has 0 spiro atoms. The summed E-state index contributed by atoms with van der Waals surface area (Å²) in [6, 6.07) is 54.3. The highest BCUT2D eigenvalue weighted by molar-refractivity contribution is 6.21. The second kappa shape index (κ2) is 10.3. The standard InChI is InChI=1S/C42H27N3/c1-2-10-31-27-32(22-17-28(31)9-1)41-36-13-5-3-11-34(36)40(35-12-4-6-14-37(35)41)29-18-20-30(21-19-29)42-44-38-15-7-8-16-39(38)45(42)33-23-25-43-26-24-33/h1-27H. The third kappa shape index (κ3) is 4.13. The largest absolute Gasteiger partial charge is 0.292 e. The Morgan fingerprint density at radius 1 is 0.422 bits per heavy atom. The Labute approximate surface area is 260 Å². The molecule has 3 nitrogen and oxygen atoms in total. The third-order valence-corrected chi connectivity index (χ3v) is 8.88. The van der Waals surface area contributed by atoms with Crippen LogP contribution in [-0.2, 0) is 0 Å². The summed E-state index contributed by atoms with van der Waals surface area (Å²) in [4.78, 5) is 9.31. The summed E-state index contributed by atoms with van der Waals surface area (Å²) in [7, 11) is 0. The molecule has 2 aromatic heterocycles. The van der Waals surface area contributed by atoms with Gasteiger partial charge in [-0.2, -0.15) is 0 Å².